The molecule has 0 spiro atoms. The Kier molecular flexibility index (Phi) is 11.1. The van der Waals surface area contributed by atoms with Crippen LogP contribution < -0.4 is 10.6 Å². The minimum Gasteiger partial charge on any atom is -0.314 e. The number of nitrogens with one attached hydrogen (secondary N) is 2. The van der Waals surface area contributed by atoms with E-state index in [1.54, 1.807) is 0 Å². The Hall–Kier alpha value is -0.240. The van der Waals surface area contributed by atoms with Gasteiger partial charge in [0.15, 0.2) is 0 Å². The zero-order chi connectivity index (χ0) is 29.0. The molecule has 0 aromatic heterocycles. The predicted octanol–water partition coefficient (Wildman–Crippen LogP) is 6.57. The summed E-state index contributed by atoms with van der Waals surface area (Å²) in [5.41, 5.74) is 1.15. The van der Waals surface area contributed by atoms with Gasteiger partial charge in [-0.05, 0) is 146 Å². The van der Waals surface area contributed by atoms with Crippen molar-refractivity contribution in [3.05, 3.63) is 0 Å². The van der Waals surface area contributed by atoms with Gasteiger partial charge in [0, 0.05) is 60.4 Å². The molecule has 40 heavy (non-hydrogen) atoms. The van der Waals surface area contributed by atoms with Gasteiger partial charge in [0.1, 0.15) is 0 Å². The summed E-state index contributed by atoms with van der Waals surface area (Å²) in [6, 6.07) is 1.42. The van der Waals surface area contributed by atoms with E-state index in [0.717, 1.165) is 0 Å². The lowest BCUT2D eigenvalue weighted by Gasteiger charge is -2.58. The van der Waals surface area contributed by atoms with E-state index >= 15 is 0 Å². The summed E-state index contributed by atoms with van der Waals surface area (Å²) in [4.78, 5) is 0. The number of nitrogens with zero attached hydrogens (tertiary/aromatic N) is 4. The molecule has 4 rings (SSSR count). The van der Waals surface area contributed by atoms with E-state index in [0.29, 0.717) is 12.1 Å². The second kappa shape index (κ2) is 13.6. The molecule has 0 bridgehead atoms. The first-order chi connectivity index (χ1) is 18.8. The van der Waals surface area contributed by atoms with Crippen molar-refractivity contribution in [2.75, 3.05) is 39.3 Å². The van der Waals surface area contributed by atoms with Gasteiger partial charge in [0.25, 0.3) is 0 Å². The van der Waals surface area contributed by atoms with E-state index in [1.165, 1.54) is 129 Å². The van der Waals surface area contributed by atoms with Crippen LogP contribution in [0.25, 0.3) is 0 Å². The number of hydrazine groups is 2. The highest BCUT2D eigenvalue weighted by Crippen LogP contribution is 2.41. The van der Waals surface area contributed by atoms with Crippen molar-refractivity contribution in [3.8, 4) is 0 Å². The van der Waals surface area contributed by atoms with Crippen molar-refractivity contribution in [1.82, 2.24) is 30.7 Å². The highest BCUT2D eigenvalue weighted by atomic mass is 15.7. The van der Waals surface area contributed by atoms with Crippen LogP contribution in [-0.2, 0) is 0 Å². The van der Waals surface area contributed by atoms with Gasteiger partial charge in [0.05, 0.1) is 0 Å². The molecule has 6 nitrogen and oxygen atoms in total. The molecule has 0 unspecified atom stereocenters. The number of unbranched alkanes of at least 4 members (excludes halogenated alkanes) is 3. The summed E-state index contributed by atoms with van der Waals surface area (Å²) >= 11 is 0. The summed E-state index contributed by atoms with van der Waals surface area (Å²) in [5.74, 6) is 0. The van der Waals surface area contributed by atoms with E-state index < -0.39 is 0 Å². The lowest BCUT2D eigenvalue weighted by Crippen LogP contribution is -2.67. The Morgan fingerprint density at radius 1 is 0.475 bits per heavy atom. The third kappa shape index (κ3) is 8.23. The Morgan fingerprint density at radius 3 is 1.07 bits per heavy atom. The molecular formula is C34H68N6. The molecule has 0 radical (unpaired) electrons. The van der Waals surface area contributed by atoms with Crippen molar-refractivity contribution in [2.24, 2.45) is 0 Å². The second-order valence-corrected chi connectivity index (χ2v) is 16.4. The summed E-state index contributed by atoms with van der Waals surface area (Å²) in [6.45, 7) is 26.9. The third-order valence-electron chi connectivity index (χ3n) is 10.9. The highest BCUT2D eigenvalue weighted by molar-refractivity contribution is 4.98. The molecule has 0 aromatic carbocycles. The van der Waals surface area contributed by atoms with Crippen LogP contribution >= 0.6 is 0 Å². The maximum absolute atomic E-state index is 3.90. The van der Waals surface area contributed by atoms with Crippen LogP contribution in [0.2, 0.25) is 0 Å². The van der Waals surface area contributed by atoms with Crippen molar-refractivity contribution >= 4 is 0 Å². The van der Waals surface area contributed by atoms with Gasteiger partial charge in [-0.2, -0.15) is 0 Å². The molecule has 4 aliphatic heterocycles. The van der Waals surface area contributed by atoms with Crippen LogP contribution in [0.3, 0.4) is 0 Å². The van der Waals surface area contributed by atoms with Gasteiger partial charge in [-0.25, -0.2) is 20.0 Å². The molecular weight excluding hydrogens is 492 g/mol. The molecule has 4 fully saturated rings. The average Bonchev–Trinajstić information content (AvgIpc) is 2.85. The minimum atomic E-state index is 0.287. The smallest absolute Gasteiger partial charge is 0.0306 e. The lowest BCUT2D eigenvalue weighted by atomic mass is 9.81. The Bertz CT molecular complexity index is 664. The van der Waals surface area contributed by atoms with Crippen LogP contribution in [-0.4, -0.2) is 93.5 Å². The quantitative estimate of drug-likeness (QED) is 0.278. The predicted molar refractivity (Wildman–Crippen MR) is 171 cm³/mol. The van der Waals surface area contributed by atoms with Gasteiger partial charge in [-0.3, -0.25) is 0 Å². The normalized spacial score (nSPS) is 29.1. The number of hydrogen-bond donors (Lipinski definition) is 2. The molecule has 0 aliphatic carbocycles. The standard InChI is InChI=1S/C34H68N6/c1-31(2)19-13-20-32(3,4)39(31)37-25-15-29(16-26-37)35-23-11-9-10-12-24-36-30-17-27-38(28-18-30)40-33(5,6)21-14-22-34(40,7)8/h29-30,35-36H,9-28H2,1-8H3. The third-order valence-corrected chi connectivity index (χ3v) is 10.9. The van der Waals surface area contributed by atoms with Crippen LogP contribution in [0.4, 0.5) is 0 Å². The summed E-state index contributed by atoms with van der Waals surface area (Å²) < 4.78 is 0. The van der Waals surface area contributed by atoms with Crippen molar-refractivity contribution in [3.63, 3.8) is 0 Å². The fourth-order valence-electron chi connectivity index (χ4n) is 9.26. The molecule has 0 saturated carbocycles. The van der Waals surface area contributed by atoms with Crippen LogP contribution in [0.15, 0.2) is 0 Å². The molecule has 234 valence electrons. The maximum atomic E-state index is 3.90. The van der Waals surface area contributed by atoms with Gasteiger partial charge >= 0.3 is 0 Å². The lowest BCUT2D eigenvalue weighted by molar-refractivity contribution is -0.191. The van der Waals surface area contributed by atoms with E-state index in [-0.39, 0.29) is 22.2 Å². The molecule has 0 amide bonds. The molecule has 2 N–H and O–H groups in total. The Balaban J connectivity index is 1.03. The largest absolute Gasteiger partial charge is 0.314 e. The summed E-state index contributed by atoms with van der Waals surface area (Å²) in [5, 5.41) is 18.7. The van der Waals surface area contributed by atoms with Gasteiger partial charge in [-0.1, -0.05) is 12.8 Å². The average molecular weight is 561 g/mol. The highest BCUT2D eigenvalue weighted by Gasteiger charge is 2.46. The molecule has 4 heterocycles. The monoisotopic (exact) mass is 561 g/mol. The number of hydrogen-bond acceptors (Lipinski definition) is 6. The van der Waals surface area contributed by atoms with Gasteiger partial charge in [0.2, 0.25) is 0 Å². The van der Waals surface area contributed by atoms with Crippen LogP contribution in [0, 0.1) is 0 Å². The molecule has 0 atom stereocenters. The van der Waals surface area contributed by atoms with Crippen molar-refractivity contribution in [1.29, 1.82) is 0 Å². The van der Waals surface area contributed by atoms with Gasteiger partial charge < -0.3 is 10.6 Å². The number of piperidine rings is 4. The summed E-state index contributed by atoms with van der Waals surface area (Å²) in [7, 11) is 0. The first kappa shape index (κ1) is 32.7. The zero-order valence-electron chi connectivity index (χ0n) is 28.1. The van der Waals surface area contributed by atoms with E-state index in [2.05, 4.69) is 86.1 Å². The van der Waals surface area contributed by atoms with E-state index in [9.17, 15) is 0 Å². The molecule has 0 aromatic rings. The Morgan fingerprint density at radius 2 is 0.775 bits per heavy atom. The molecule has 6 heteroatoms. The van der Waals surface area contributed by atoms with Crippen LogP contribution in [0.1, 0.15) is 145 Å². The molecule has 4 saturated heterocycles. The SMILES string of the molecule is CC1(C)CCCC(C)(C)N1N1CCC(NCCCCCCNC2CCN(N3C(C)(C)CCCC3(C)C)CC2)CC1. The Labute approximate surface area is 249 Å². The zero-order valence-corrected chi connectivity index (χ0v) is 28.1. The van der Waals surface area contributed by atoms with Crippen molar-refractivity contribution in [2.45, 2.75) is 180 Å². The van der Waals surface area contributed by atoms with E-state index in [4.69, 9.17) is 0 Å². The molecule has 4 aliphatic rings. The topological polar surface area (TPSA) is 37.0 Å². The van der Waals surface area contributed by atoms with Crippen molar-refractivity contribution < 1.29 is 0 Å². The first-order valence-corrected chi connectivity index (χ1v) is 17.4. The van der Waals surface area contributed by atoms with Gasteiger partial charge in [-0.15, -0.1) is 0 Å². The minimum absolute atomic E-state index is 0.287. The summed E-state index contributed by atoms with van der Waals surface area (Å²) in [6.07, 6.45) is 18.5. The second-order valence-electron chi connectivity index (χ2n) is 16.4. The fraction of sp³-hybridized carbons (Fsp3) is 1.00. The fourth-order valence-corrected chi connectivity index (χ4v) is 9.26. The number of rotatable bonds is 11. The first-order valence-electron chi connectivity index (χ1n) is 17.4. The van der Waals surface area contributed by atoms with E-state index in [1.807, 2.05) is 0 Å². The van der Waals surface area contributed by atoms with Crippen LogP contribution in [0.5, 0.6) is 0 Å². The maximum Gasteiger partial charge on any atom is 0.0306 e.